The van der Waals surface area contributed by atoms with E-state index in [1.807, 2.05) is 0 Å². The van der Waals surface area contributed by atoms with Crippen LogP contribution in [0.2, 0.25) is 0 Å². The summed E-state index contributed by atoms with van der Waals surface area (Å²) in [7, 11) is 0. The molecule has 0 radical (unpaired) electrons. The number of nitriles is 1. The molecule has 0 saturated carbocycles. The van der Waals surface area contributed by atoms with Crippen molar-refractivity contribution >= 4 is 28.9 Å². The Morgan fingerprint density at radius 1 is 1.29 bits per heavy atom. The van der Waals surface area contributed by atoms with E-state index >= 15 is 0 Å². The molecule has 1 aromatic rings. The Balaban J connectivity index is 2.29. The van der Waals surface area contributed by atoms with Gasteiger partial charge in [0.1, 0.15) is 0 Å². The summed E-state index contributed by atoms with van der Waals surface area (Å²) in [6.07, 6.45) is 6.04. The molecule has 1 aromatic carbocycles. The number of anilines is 1. The summed E-state index contributed by atoms with van der Waals surface area (Å²) < 4.78 is 0. The number of hydrogen-bond donors (Lipinski definition) is 2. The molecule has 0 fully saturated rings. The van der Waals surface area contributed by atoms with Crippen molar-refractivity contribution in [1.29, 1.82) is 5.26 Å². The normalized spacial score (nSPS) is 9.71. The predicted molar refractivity (Wildman–Crippen MR) is 88.9 cm³/mol. The van der Waals surface area contributed by atoms with Gasteiger partial charge in [0.05, 0.1) is 11.6 Å². The van der Waals surface area contributed by atoms with Gasteiger partial charge >= 0.3 is 0 Å². The number of nitrogens with one attached hydrogen (secondary N) is 2. The molecule has 0 saturated heterocycles. The van der Waals surface area contributed by atoms with Gasteiger partial charge in [-0.05, 0) is 36.8 Å². The van der Waals surface area contributed by atoms with Gasteiger partial charge in [0, 0.05) is 12.1 Å². The Kier molecular flexibility index (Phi) is 8.07. The van der Waals surface area contributed by atoms with Gasteiger partial charge in [0.15, 0.2) is 5.11 Å². The van der Waals surface area contributed by atoms with Crippen LogP contribution in [0.3, 0.4) is 0 Å². The lowest BCUT2D eigenvalue weighted by molar-refractivity contribution is -0.119. The van der Waals surface area contributed by atoms with Crippen LogP contribution in [0.5, 0.6) is 0 Å². The van der Waals surface area contributed by atoms with Crippen LogP contribution in [-0.2, 0) is 4.79 Å². The zero-order valence-electron chi connectivity index (χ0n) is 12.3. The lowest BCUT2D eigenvalue weighted by Gasteiger charge is -2.09. The van der Waals surface area contributed by atoms with Crippen molar-refractivity contribution in [2.24, 2.45) is 0 Å². The molecule has 21 heavy (non-hydrogen) atoms. The minimum absolute atomic E-state index is 0.0690. The van der Waals surface area contributed by atoms with Gasteiger partial charge in [-0.15, -0.1) is 0 Å². The smallest absolute Gasteiger partial charge is 0.226 e. The second kappa shape index (κ2) is 9.89. The molecule has 4 nitrogen and oxygen atoms in total. The molecular weight excluding hydrogens is 282 g/mol. The number of carbonyl (C=O) groups excluding carboxylic acids is 1. The van der Waals surface area contributed by atoms with Crippen LogP contribution in [0.4, 0.5) is 5.69 Å². The highest BCUT2D eigenvalue weighted by molar-refractivity contribution is 7.80. The van der Waals surface area contributed by atoms with Crippen LogP contribution in [0.15, 0.2) is 24.3 Å². The Bertz CT molecular complexity index is 522. The number of unbranched alkanes of at least 4 members (excludes halogenated alkanes) is 4. The summed E-state index contributed by atoms with van der Waals surface area (Å²) in [4.78, 5) is 11.7. The zero-order valence-corrected chi connectivity index (χ0v) is 13.1. The molecule has 0 heterocycles. The minimum atomic E-state index is -0.0690. The number of benzene rings is 1. The van der Waals surface area contributed by atoms with Crippen LogP contribution in [-0.4, -0.2) is 11.0 Å². The van der Waals surface area contributed by atoms with Crippen molar-refractivity contribution in [2.75, 3.05) is 5.32 Å². The SMILES string of the molecule is CCCCCCCC(=O)NC(=S)Nc1cccc(C#N)c1. The van der Waals surface area contributed by atoms with Crippen molar-refractivity contribution in [3.8, 4) is 6.07 Å². The summed E-state index contributed by atoms with van der Waals surface area (Å²) in [5.41, 5.74) is 1.24. The lowest BCUT2D eigenvalue weighted by Crippen LogP contribution is -2.33. The van der Waals surface area contributed by atoms with Crippen molar-refractivity contribution in [3.63, 3.8) is 0 Å². The van der Waals surface area contributed by atoms with E-state index in [2.05, 4.69) is 23.6 Å². The van der Waals surface area contributed by atoms with Crippen LogP contribution in [0.25, 0.3) is 0 Å². The predicted octanol–water partition coefficient (Wildman–Crippen LogP) is 3.73. The number of rotatable bonds is 7. The molecule has 0 aliphatic carbocycles. The average molecular weight is 303 g/mol. The molecule has 1 amide bonds. The fraction of sp³-hybridized carbons (Fsp3) is 0.438. The Hall–Kier alpha value is -1.93. The fourth-order valence-electron chi connectivity index (χ4n) is 1.91. The third-order valence-electron chi connectivity index (χ3n) is 3.01. The van der Waals surface area contributed by atoms with E-state index in [0.29, 0.717) is 17.7 Å². The van der Waals surface area contributed by atoms with Gasteiger partial charge in [-0.25, -0.2) is 0 Å². The Morgan fingerprint density at radius 3 is 2.76 bits per heavy atom. The van der Waals surface area contributed by atoms with Crippen LogP contribution < -0.4 is 10.6 Å². The highest BCUT2D eigenvalue weighted by Crippen LogP contribution is 2.09. The van der Waals surface area contributed by atoms with Crippen LogP contribution in [0.1, 0.15) is 51.0 Å². The molecule has 0 spiro atoms. The molecule has 2 N–H and O–H groups in total. The Labute approximate surface area is 131 Å². The summed E-state index contributed by atoms with van der Waals surface area (Å²) in [6.45, 7) is 2.16. The van der Waals surface area contributed by atoms with E-state index < -0.39 is 0 Å². The third-order valence-corrected chi connectivity index (χ3v) is 3.21. The first kappa shape index (κ1) is 17.1. The van der Waals surface area contributed by atoms with Crippen molar-refractivity contribution in [3.05, 3.63) is 29.8 Å². The van der Waals surface area contributed by atoms with E-state index in [0.717, 1.165) is 12.8 Å². The highest BCUT2D eigenvalue weighted by atomic mass is 32.1. The van der Waals surface area contributed by atoms with E-state index in [1.165, 1.54) is 19.3 Å². The van der Waals surface area contributed by atoms with E-state index in [9.17, 15) is 4.79 Å². The highest BCUT2D eigenvalue weighted by Gasteiger charge is 2.05. The summed E-state index contributed by atoms with van der Waals surface area (Å²) in [5, 5.41) is 14.6. The Morgan fingerprint density at radius 2 is 2.05 bits per heavy atom. The average Bonchev–Trinajstić information content (AvgIpc) is 2.47. The standard InChI is InChI=1S/C16H21N3OS/c1-2-3-4-5-6-10-15(20)19-16(21)18-14-9-7-8-13(11-14)12-17/h7-9,11H,2-6,10H2,1H3,(H2,18,19,20,21). The van der Waals surface area contributed by atoms with Crippen molar-refractivity contribution < 1.29 is 4.79 Å². The molecule has 0 atom stereocenters. The number of thiocarbonyl (C=S) groups is 1. The quantitative estimate of drug-likeness (QED) is 0.595. The van der Waals surface area contributed by atoms with E-state index in [-0.39, 0.29) is 11.0 Å². The largest absolute Gasteiger partial charge is 0.332 e. The molecule has 5 heteroatoms. The summed E-state index contributed by atoms with van der Waals surface area (Å²) in [5.74, 6) is -0.0690. The molecule has 0 aliphatic heterocycles. The molecule has 0 bridgehead atoms. The molecule has 112 valence electrons. The number of hydrogen-bond acceptors (Lipinski definition) is 3. The number of carbonyl (C=O) groups is 1. The second-order valence-electron chi connectivity index (χ2n) is 4.86. The van der Waals surface area contributed by atoms with Gasteiger partial charge < -0.3 is 10.6 Å². The molecular formula is C16H21N3OS. The van der Waals surface area contributed by atoms with Gasteiger partial charge in [-0.3, -0.25) is 4.79 Å². The summed E-state index contributed by atoms with van der Waals surface area (Å²) >= 11 is 5.09. The fourth-order valence-corrected chi connectivity index (χ4v) is 2.14. The lowest BCUT2D eigenvalue weighted by atomic mass is 10.1. The monoisotopic (exact) mass is 303 g/mol. The molecule has 1 rings (SSSR count). The van der Waals surface area contributed by atoms with Gasteiger partial charge in [-0.2, -0.15) is 5.26 Å². The van der Waals surface area contributed by atoms with Crippen molar-refractivity contribution in [2.45, 2.75) is 45.4 Å². The van der Waals surface area contributed by atoms with Crippen LogP contribution in [0, 0.1) is 11.3 Å². The maximum atomic E-state index is 11.7. The van der Waals surface area contributed by atoms with Crippen LogP contribution >= 0.6 is 12.2 Å². The number of nitrogens with zero attached hydrogens (tertiary/aromatic N) is 1. The molecule has 0 aromatic heterocycles. The topological polar surface area (TPSA) is 64.9 Å². The number of amides is 1. The first-order chi connectivity index (χ1) is 10.2. The molecule has 0 aliphatic rings. The van der Waals surface area contributed by atoms with Gasteiger partial charge in [0.2, 0.25) is 5.91 Å². The zero-order chi connectivity index (χ0) is 15.5. The summed E-state index contributed by atoms with van der Waals surface area (Å²) in [6, 6.07) is 9.01. The maximum Gasteiger partial charge on any atom is 0.226 e. The maximum absolute atomic E-state index is 11.7. The first-order valence-corrected chi connectivity index (χ1v) is 7.67. The second-order valence-corrected chi connectivity index (χ2v) is 5.27. The molecule has 0 unspecified atom stereocenters. The van der Waals surface area contributed by atoms with Gasteiger partial charge in [-0.1, -0.05) is 38.7 Å². The first-order valence-electron chi connectivity index (χ1n) is 7.26. The van der Waals surface area contributed by atoms with Gasteiger partial charge in [0.25, 0.3) is 0 Å². The van der Waals surface area contributed by atoms with E-state index in [1.54, 1.807) is 24.3 Å². The minimum Gasteiger partial charge on any atom is -0.332 e. The van der Waals surface area contributed by atoms with E-state index in [4.69, 9.17) is 17.5 Å². The third kappa shape index (κ3) is 7.42. The van der Waals surface area contributed by atoms with Crippen molar-refractivity contribution in [1.82, 2.24) is 5.32 Å².